The van der Waals surface area contributed by atoms with Crippen molar-refractivity contribution >= 4 is 17.3 Å². The van der Waals surface area contributed by atoms with Gasteiger partial charge in [0.1, 0.15) is 0 Å². The van der Waals surface area contributed by atoms with Crippen molar-refractivity contribution < 1.29 is 0 Å². The molecule has 0 unspecified atom stereocenters. The van der Waals surface area contributed by atoms with Crippen LogP contribution >= 0.6 is 11.6 Å². The molecule has 0 bridgehead atoms. The molecule has 1 heterocycles. The molecular formula is C14H17ClN4O. The zero-order valence-corrected chi connectivity index (χ0v) is 12.0. The van der Waals surface area contributed by atoms with Gasteiger partial charge in [-0.2, -0.15) is 5.10 Å². The second-order valence-corrected chi connectivity index (χ2v) is 4.77. The summed E-state index contributed by atoms with van der Waals surface area (Å²) in [6.07, 6.45) is 1.65. The van der Waals surface area contributed by atoms with E-state index in [2.05, 4.69) is 15.7 Å². The Kier molecular flexibility index (Phi) is 5.15. The van der Waals surface area contributed by atoms with Gasteiger partial charge in [0.05, 0.1) is 18.4 Å². The summed E-state index contributed by atoms with van der Waals surface area (Å²) in [6.45, 7) is 1.93. The average Bonchev–Trinajstić information content (AvgIpc) is 2.44. The monoisotopic (exact) mass is 292 g/mol. The number of benzene rings is 1. The van der Waals surface area contributed by atoms with Crippen LogP contribution in [0, 0.1) is 0 Å². The van der Waals surface area contributed by atoms with E-state index in [9.17, 15) is 4.79 Å². The average molecular weight is 293 g/mol. The van der Waals surface area contributed by atoms with E-state index in [0.29, 0.717) is 11.6 Å². The first-order valence-electron chi connectivity index (χ1n) is 6.40. The molecule has 0 aliphatic rings. The minimum absolute atomic E-state index is 0.153. The van der Waals surface area contributed by atoms with Gasteiger partial charge in [-0.3, -0.25) is 4.79 Å². The van der Waals surface area contributed by atoms with Crippen LogP contribution in [0.15, 0.2) is 41.3 Å². The summed E-state index contributed by atoms with van der Waals surface area (Å²) >= 11 is 6.08. The third-order valence-corrected chi connectivity index (χ3v) is 3.22. The zero-order valence-electron chi connectivity index (χ0n) is 11.3. The van der Waals surface area contributed by atoms with E-state index in [1.54, 1.807) is 18.3 Å². The van der Waals surface area contributed by atoms with Crippen LogP contribution in [0.2, 0.25) is 5.02 Å². The Hall–Kier alpha value is -1.85. The predicted molar refractivity (Wildman–Crippen MR) is 81.5 cm³/mol. The first-order chi connectivity index (χ1) is 9.70. The fourth-order valence-corrected chi connectivity index (χ4v) is 1.96. The minimum Gasteiger partial charge on any atom is -0.382 e. The molecule has 5 nitrogen and oxygen atoms in total. The molecule has 0 fully saturated rings. The highest BCUT2D eigenvalue weighted by Crippen LogP contribution is 2.15. The van der Waals surface area contributed by atoms with E-state index < -0.39 is 0 Å². The van der Waals surface area contributed by atoms with Gasteiger partial charge >= 0.3 is 0 Å². The standard InChI is InChI=1S/C14H17ClN4O/c1-16-6-7-17-12-8-14(20)19(18-9-12)10-11-4-2-3-5-13(11)15/h2-5,8-9,16-17H,6-7,10H2,1H3. The molecule has 1 aromatic heterocycles. The lowest BCUT2D eigenvalue weighted by Gasteiger charge is -2.08. The number of hydrogen-bond acceptors (Lipinski definition) is 4. The number of anilines is 1. The topological polar surface area (TPSA) is 59.0 Å². The van der Waals surface area contributed by atoms with Gasteiger partial charge in [0.15, 0.2) is 0 Å². The summed E-state index contributed by atoms with van der Waals surface area (Å²) in [5, 5.41) is 10.9. The second-order valence-electron chi connectivity index (χ2n) is 4.36. The number of nitrogens with zero attached hydrogens (tertiary/aromatic N) is 2. The highest BCUT2D eigenvalue weighted by atomic mass is 35.5. The fourth-order valence-electron chi connectivity index (χ4n) is 1.77. The molecule has 0 aliphatic carbocycles. The highest BCUT2D eigenvalue weighted by molar-refractivity contribution is 6.31. The van der Waals surface area contributed by atoms with Crippen LogP contribution in [-0.4, -0.2) is 29.9 Å². The molecule has 0 spiro atoms. The van der Waals surface area contributed by atoms with Gasteiger partial charge in [-0.15, -0.1) is 0 Å². The van der Waals surface area contributed by atoms with E-state index >= 15 is 0 Å². The van der Waals surface area contributed by atoms with Crippen LogP contribution in [0.25, 0.3) is 0 Å². The smallest absolute Gasteiger partial charge is 0.269 e. The van der Waals surface area contributed by atoms with Crippen LogP contribution in [0.5, 0.6) is 0 Å². The summed E-state index contributed by atoms with van der Waals surface area (Å²) < 4.78 is 1.39. The van der Waals surface area contributed by atoms with Crippen molar-refractivity contribution in [3.05, 3.63) is 57.5 Å². The maximum atomic E-state index is 12.0. The largest absolute Gasteiger partial charge is 0.382 e. The molecule has 0 radical (unpaired) electrons. The first-order valence-corrected chi connectivity index (χ1v) is 6.77. The molecule has 1 aromatic carbocycles. The van der Waals surface area contributed by atoms with Gasteiger partial charge in [0.25, 0.3) is 5.56 Å². The van der Waals surface area contributed by atoms with Gasteiger partial charge in [-0.05, 0) is 18.7 Å². The number of hydrogen-bond donors (Lipinski definition) is 2. The first kappa shape index (κ1) is 14.6. The van der Waals surface area contributed by atoms with E-state index in [0.717, 1.165) is 24.3 Å². The van der Waals surface area contributed by atoms with Gasteiger partial charge in [-0.25, -0.2) is 4.68 Å². The number of aromatic nitrogens is 2. The van der Waals surface area contributed by atoms with Crippen LogP contribution < -0.4 is 16.2 Å². The van der Waals surface area contributed by atoms with E-state index in [-0.39, 0.29) is 5.56 Å². The molecule has 106 valence electrons. The second kappa shape index (κ2) is 7.07. The number of nitrogens with one attached hydrogen (secondary N) is 2. The van der Waals surface area contributed by atoms with Crippen molar-refractivity contribution in [1.29, 1.82) is 0 Å². The van der Waals surface area contributed by atoms with Gasteiger partial charge < -0.3 is 10.6 Å². The molecule has 0 saturated heterocycles. The van der Waals surface area contributed by atoms with Gasteiger partial charge in [0, 0.05) is 24.2 Å². The molecule has 2 rings (SSSR count). The molecule has 0 atom stereocenters. The summed E-state index contributed by atoms with van der Waals surface area (Å²) in [5.41, 5.74) is 1.44. The minimum atomic E-state index is -0.153. The highest BCUT2D eigenvalue weighted by Gasteiger charge is 2.04. The van der Waals surface area contributed by atoms with Crippen molar-refractivity contribution in [2.75, 3.05) is 25.5 Å². The Labute approximate surface area is 122 Å². The van der Waals surface area contributed by atoms with Crippen LogP contribution in [0.1, 0.15) is 5.56 Å². The van der Waals surface area contributed by atoms with E-state index in [4.69, 9.17) is 11.6 Å². The van der Waals surface area contributed by atoms with Crippen molar-refractivity contribution in [1.82, 2.24) is 15.1 Å². The lowest BCUT2D eigenvalue weighted by Crippen LogP contribution is -2.24. The quantitative estimate of drug-likeness (QED) is 0.794. The van der Waals surface area contributed by atoms with Crippen LogP contribution in [0.4, 0.5) is 5.69 Å². The predicted octanol–water partition coefficient (Wildman–Crippen LogP) is 1.58. The molecule has 20 heavy (non-hydrogen) atoms. The molecule has 2 N–H and O–H groups in total. The molecular weight excluding hydrogens is 276 g/mol. The number of likely N-dealkylation sites (N-methyl/N-ethyl adjacent to an activating group) is 1. The Morgan fingerprint density at radius 3 is 2.80 bits per heavy atom. The summed E-state index contributed by atoms with van der Waals surface area (Å²) in [5.74, 6) is 0. The molecule has 0 aliphatic heterocycles. The van der Waals surface area contributed by atoms with Crippen LogP contribution in [0.3, 0.4) is 0 Å². The number of halogens is 1. The normalized spacial score (nSPS) is 10.5. The van der Waals surface area contributed by atoms with Crippen molar-refractivity contribution in [3.8, 4) is 0 Å². The Bertz CT molecular complexity index is 627. The van der Waals surface area contributed by atoms with Crippen molar-refractivity contribution in [2.45, 2.75) is 6.54 Å². The zero-order chi connectivity index (χ0) is 14.4. The van der Waals surface area contributed by atoms with Crippen LogP contribution in [-0.2, 0) is 6.54 Å². The van der Waals surface area contributed by atoms with Gasteiger partial charge in [0.2, 0.25) is 0 Å². The molecule has 6 heteroatoms. The third kappa shape index (κ3) is 3.82. The fraction of sp³-hybridized carbons (Fsp3) is 0.286. The SMILES string of the molecule is CNCCNc1cnn(Cc2ccccc2Cl)c(=O)c1. The molecule has 0 amide bonds. The van der Waals surface area contributed by atoms with Crippen molar-refractivity contribution in [2.24, 2.45) is 0 Å². The van der Waals surface area contributed by atoms with Gasteiger partial charge in [-0.1, -0.05) is 29.8 Å². The number of rotatable bonds is 6. The molecule has 0 saturated carbocycles. The Balaban J connectivity index is 2.10. The third-order valence-electron chi connectivity index (χ3n) is 2.85. The molecule has 2 aromatic rings. The Morgan fingerprint density at radius 1 is 1.30 bits per heavy atom. The lowest BCUT2D eigenvalue weighted by atomic mass is 10.2. The van der Waals surface area contributed by atoms with E-state index in [1.165, 1.54) is 4.68 Å². The maximum Gasteiger partial charge on any atom is 0.269 e. The summed E-state index contributed by atoms with van der Waals surface area (Å²) in [6, 6.07) is 8.97. The lowest BCUT2D eigenvalue weighted by molar-refractivity contribution is 0.639. The van der Waals surface area contributed by atoms with E-state index in [1.807, 2.05) is 25.2 Å². The summed E-state index contributed by atoms with van der Waals surface area (Å²) in [4.78, 5) is 12.0. The van der Waals surface area contributed by atoms with Crippen molar-refractivity contribution in [3.63, 3.8) is 0 Å². The summed E-state index contributed by atoms with van der Waals surface area (Å²) in [7, 11) is 1.88. The maximum absolute atomic E-state index is 12.0. The Morgan fingerprint density at radius 2 is 2.10 bits per heavy atom.